The number of rotatable bonds is 6. The quantitative estimate of drug-likeness (QED) is 0.614. The number of amides is 2. The minimum atomic E-state index is -0.219. The highest BCUT2D eigenvalue weighted by Gasteiger charge is 2.18. The third kappa shape index (κ3) is 5.12. The highest BCUT2D eigenvalue weighted by atomic mass is 35.5. The van der Waals surface area contributed by atoms with Crippen LogP contribution in [-0.4, -0.2) is 24.9 Å². The van der Waals surface area contributed by atoms with E-state index in [0.717, 1.165) is 5.69 Å². The first-order chi connectivity index (χ1) is 13.5. The lowest BCUT2D eigenvalue weighted by molar-refractivity contribution is 0.0943. The van der Waals surface area contributed by atoms with Crippen LogP contribution in [-0.2, 0) is 0 Å². The van der Waals surface area contributed by atoms with Crippen LogP contribution in [0.3, 0.4) is 0 Å². The van der Waals surface area contributed by atoms with E-state index in [2.05, 4.69) is 5.32 Å². The van der Waals surface area contributed by atoms with Crippen molar-refractivity contribution >= 4 is 40.7 Å². The maximum absolute atomic E-state index is 13.0. The van der Waals surface area contributed by atoms with E-state index in [0.29, 0.717) is 34.3 Å². The Morgan fingerprint density at radius 1 is 0.750 bits per heavy atom. The lowest BCUT2D eigenvalue weighted by Gasteiger charge is -2.23. The van der Waals surface area contributed by atoms with Crippen LogP contribution in [0, 0.1) is 0 Å². The van der Waals surface area contributed by atoms with Crippen molar-refractivity contribution in [3.8, 4) is 0 Å². The fourth-order valence-corrected chi connectivity index (χ4v) is 2.94. The molecule has 0 aromatic heterocycles. The Morgan fingerprint density at radius 3 is 1.86 bits per heavy atom. The largest absolute Gasteiger partial charge is 0.350 e. The zero-order valence-electron chi connectivity index (χ0n) is 14.9. The van der Waals surface area contributed by atoms with E-state index in [1.807, 2.05) is 30.3 Å². The summed E-state index contributed by atoms with van der Waals surface area (Å²) >= 11 is 11.8. The van der Waals surface area contributed by atoms with Gasteiger partial charge in [0.2, 0.25) is 0 Å². The van der Waals surface area contributed by atoms with Crippen LogP contribution in [0.1, 0.15) is 20.7 Å². The van der Waals surface area contributed by atoms with Gasteiger partial charge in [-0.3, -0.25) is 9.59 Å². The molecule has 2 amide bonds. The summed E-state index contributed by atoms with van der Waals surface area (Å²) in [4.78, 5) is 26.9. The summed E-state index contributed by atoms with van der Waals surface area (Å²) in [6, 6.07) is 22.7. The van der Waals surface area contributed by atoms with Gasteiger partial charge in [0.05, 0.1) is 0 Å². The second-order valence-electron chi connectivity index (χ2n) is 6.06. The number of hydrogen-bond acceptors (Lipinski definition) is 2. The van der Waals surface area contributed by atoms with Crippen molar-refractivity contribution in [3.63, 3.8) is 0 Å². The number of benzene rings is 3. The molecule has 0 aliphatic heterocycles. The fraction of sp³-hybridized carbons (Fsp3) is 0.0909. The lowest BCUT2D eigenvalue weighted by Crippen LogP contribution is -2.38. The Labute approximate surface area is 173 Å². The predicted octanol–water partition coefficient (Wildman–Crippen LogP) is 5.07. The van der Waals surface area contributed by atoms with Gasteiger partial charge in [-0.05, 0) is 60.7 Å². The summed E-state index contributed by atoms with van der Waals surface area (Å²) < 4.78 is 0. The van der Waals surface area contributed by atoms with Crippen molar-refractivity contribution in [2.45, 2.75) is 0 Å². The summed E-state index contributed by atoms with van der Waals surface area (Å²) in [6.07, 6.45) is 0. The molecule has 0 spiro atoms. The van der Waals surface area contributed by atoms with E-state index in [9.17, 15) is 9.59 Å². The summed E-state index contributed by atoms with van der Waals surface area (Å²) in [6.45, 7) is 0.625. The molecule has 0 heterocycles. The molecule has 0 unspecified atom stereocenters. The van der Waals surface area contributed by atoms with Crippen molar-refractivity contribution in [2.75, 3.05) is 18.0 Å². The van der Waals surface area contributed by atoms with Crippen LogP contribution in [0.5, 0.6) is 0 Å². The van der Waals surface area contributed by atoms with Gasteiger partial charge in [0.1, 0.15) is 0 Å². The first kappa shape index (κ1) is 19.9. The molecule has 0 atom stereocenters. The number of carbonyl (C=O) groups is 2. The number of hydrogen-bond donors (Lipinski definition) is 1. The third-order valence-corrected chi connectivity index (χ3v) is 4.64. The zero-order valence-corrected chi connectivity index (χ0v) is 16.5. The van der Waals surface area contributed by atoms with E-state index >= 15 is 0 Å². The van der Waals surface area contributed by atoms with Gasteiger partial charge in [0.15, 0.2) is 0 Å². The van der Waals surface area contributed by atoms with Crippen LogP contribution in [0.15, 0.2) is 78.9 Å². The number of anilines is 1. The number of nitrogens with one attached hydrogen (secondary N) is 1. The molecule has 0 saturated heterocycles. The van der Waals surface area contributed by atoms with E-state index in [-0.39, 0.29) is 11.8 Å². The van der Waals surface area contributed by atoms with Gasteiger partial charge in [0, 0.05) is 39.9 Å². The molecule has 0 radical (unpaired) electrons. The predicted molar refractivity (Wildman–Crippen MR) is 113 cm³/mol. The van der Waals surface area contributed by atoms with E-state index in [4.69, 9.17) is 23.2 Å². The molecule has 0 aliphatic rings. The Kier molecular flexibility index (Phi) is 6.69. The Balaban J connectivity index is 1.71. The first-order valence-corrected chi connectivity index (χ1v) is 9.46. The average Bonchev–Trinajstić information content (AvgIpc) is 2.72. The second kappa shape index (κ2) is 9.40. The molecule has 28 heavy (non-hydrogen) atoms. The summed E-state index contributed by atoms with van der Waals surface area (Å²) in [5.74, 6) is -0.382. The Hall–Kier alpha value is -2.82. The third-order valence-electron chi connectivity index (χ3n) is 4.13. The van der Waals surface area contributed by atoms with Crippen molar-refractivity contribution in [3.05, 3.63) is 100 Å². The molecule has 142 valence electrons. The van der Waals surface area contributed by atoms with Crippen LogP contribution >= 0.6 is 23.2 Å². The number of halogens is 2. The molecule has 4 nitrogen and oxygen atoms in total. The maximum atomic E-state index is 13.0. The fourth-order valence-electron chi connectivity index (χ4n) is 2.69. The van der Waals surface area contributed by atoms with Crippen molar-refractivity contribution < 1.29 is 9.59 Å². The molecule has 1 N–H and O–H groups in total. The van der Waals surface area contributed by atoms with Gasteiger partial charge in [-0.1, -0.05) is 41.4 Å². The summed E-state index contributed by atoms with van der Waals surface area (Å²) in [7, 11) is 0. The highest BCUT2D eigenvalue weighted by molar-refractivity contribution is 6.31. The molecular formula is C22H18Cl2N2O2. The van der Waals surface area contributed by atoms with E-state index in [1.165, 1.54) is 0 Å². The molecule has 3 aromatic rings. The molecule has 3 rings (SSSR count). The van der Waals surface area contributed by atoms with Crippen LogP contribution < -0.4 is 10.2 Å². The first-order valence-electron chi connectivity index (χ1n) is 8.71. The number of carbonyl (C=O) groups excluding carboxylic acids is 2. The summed E-state index contributed by atoms with van der Waals surface area (Å²) in [5, 5.41) is 3.97. The van der Waals surface area contributed by atoms with Crippen LogP contribution in [0.25, 0.3) is 0 Å². The number of para-hydroxylation sites is 1. The summed E-state index contributed by atoms with van der Waals surface area (Å²) in [5.41, 5.74) is 1.79. The van der Waals surface area contributed by atoms with Gasteiger partial charge in [-0.15, -0.1) is 0 Å². The van der Waals surface area contributed by atoms with Crippen molar-refractivity contribution in [2.24, 2.45) is 0 Å². The molecule has 0 fully saturated rings. The molecule has 0 saturated carbocycles. The van der Waals surface area contributed by atoms with Gasteiger partial charge < -0.3 is 10.2 Å². The second-order valence-corrected chi connectivity index (χ2v) is 6.93. The monoisotopic (exact) mass is 412 g/mol. The van der Waals surface area contributed by atoms with Gasteiger partial charge in [-0.2, -0.15) is 0 Å². The smallest absolute Gasteiger partial charge is 0.258 e. The Bertz CT molecular complexity index is 943. The maximum Gasteiger partial charge on any atom is 0.258 e. The van der Waals surface area contributed by atoms with Crippen molar-refractivity contribution in [1.29, 1.82) is 0 Å². The van der Waals surface area contributed by atoms with E-state index in [1.54, 1.807) is 53.4 Å². The van der Waals surface area contributed by atoms with Gasteiger partial charge in [0.25, 0.3) is 11.8 Å². The van der Waals surface area contributed by atoms with E-state index < -0.39 is 0 Å². The topological polar surface area (TPSA) is 49.4 Å². The standard InChI is InChI=1S/C22H18Cl2N2O2/c23-18-10-6-16(7-11-18)21(27)25-14-15-26(20-4-2-1-3-5-20)22(28)17-8-12-19(24)13-9-17/h1-13H,14-15H2,(H,25,27). The number of nitrogens with zero attached hydrogens (tertiary/aromatic N) is 1. The minimum Gasteiger partial charge on any atom is -0.350 e. The zero-order chi connectivity index (χ0) is 19.9. The van der Waals surface area contributed by atoms with Crippen LogP contribution in [0.4, 0.5) is 5.69 Å². The van der Waals surface area contributed by atoms with Gasteiger partial charge >= 0.3 is 0 Å². The normalized spacial score (nSPS) is 10.4. The van der Waals surface area contributed by atoms with Gasteiger partial charge in [-0.25, -0.2) is 0 Å². The Morgan fingerprint density at radius 2 is 1.29 bits per heavy atom. The van der Waals surface area contributed by atoms with Crippen LogP contribution in [0.2, 0.25) is 10.0 Å². The molecule has 3 aromatic carbocycles. The molecule has 6 heteroatoms. The molecule has 0 bridgehead atoms. The van der Waals surface area contributed by atoms with Crippen molar-refractivity contribution in [1.82, 2.24) is 5.32 Å². The SMILES string of the molecule is O=C(NCCN(C(=O)c1ccc(Cl)cc1)c1ccccc1)c1ccc(Cl)cc1. The highest BCUT2D eigenvalue weighted by Crippen LogP contribution is 2.18. The minimum absolute atomic E-state index is 0.163. The average molecular weight is 413 g/mol. The molecular weight excluding hydrogens is 395 g/mol. The lowest BCUT2D eigenvalue weighted by atomic mass is 10.1. The molecule has 0 aliphatic carbocycles.